The first kappa shape index (κ1) is 13.5. The van der Waals surface area contributed by atoms with Crippen molar-refractivity contribution in [2.75, 3.05) is 0 Å². The van der Waals surface area contributed by atoms with Gasteiger partial charge in [-0.1, -0.05) is 43.0 Å². The zero-order valence-corrected chi connectivity index (χ0v) is 12.4. The molecule has 4 nitrogen and oxygen atoms in total. The number of aryl methyl sites for hydroxylation is 1. The molecule has 0 bridgehead atoms. The van der Waals surface area contributed by atoms with E-state index in [0.29, 0.717) is 5.25 Å². The maximum atomic E-state index is 11.7. The van der Waals surface area contributed by atoms with E-state index in [9.17, 15) is 4.79 Å². The summed E-state index contributed by atoms with van der Waals surface area (Å²) in [5.74, 6) is 0. The Morgan fingerprint density at radius 3 is 3.15 bits per heavy atom. The molecule has 0 radical (unpaired) electrons. The van der Waals surface area contributed by atoms with Gasteiger partial charge in [0.25, 0.3) is 0 Å². The van der Waals surface area contributed by atoms with Crippen molar-refractivity contribution in [2.24, 2.45) is 0 Å². The van der Waals surface area contributed by atoms with Crippen LogP contribution in [0, 0.1) is 0 Å². The molecule has 3 rings (SSSR count). The Labute approximate surface area is 122 Å². The fourth-order valence-electron chi connectivity index (χ4n) is 2.77. The van der Waals surface area contributed by atoms with Gasteiger partial charge in [0.1, 0.15) is 0 Å². The lowest BCUT2D eigenvalue weighted by atomic mass is 9.91. The summed E-state index contributed by atoms with van der Waals surface area (Å²) in [6, 6.07) is 8.63. The molecule has 0 spiro atoms. The van der Waals surface area contributed by atoms with Gasteiger partial charge in [0.2, 0.25) is 0 Å². The van der Waals surface area contributed by atoms with Gasteiger partial charge in [0.05, 0.1) is 0 Å². The minimum absolute atomic E-state index is 0.0987. The highest BCUT2D eigenvalue weighted by molar-refractivity contribution is 7.99. The molecule has 2 aromatic rings. The normalized spacial score (nSPS) is 17.9. The third kappa shape index (κ3) is 2.54. The van der Waals surface area contributed by atoms with E-state index in [4.69, 9.17) is 0 Å². The molecule has 1 aromatic heterocycles. The minimum atomic E-state index is -0.0987. The van der Waals surface area contributed by atoms with Crippen molar-refractivity contribution >= 4 is 11.8 Å². The molecule has 0 unspecified atom stereocenters. The lowest BCUT2D eigenvalue weighted by molar-refractivity contribution is 0.599. The number of hydrogen-bond donors (Lipinski definition) is 1. The Balaban J connectivity index is 1.88. The zero-order chi connectivity index (χ0) is 13.9. The number of nitrogens with one attached hydrogen (secondary N) is 1. The second kappa shape index (κ2) is 5.87. The maximum Gasteiger partial charge on any atom is 0.343 e. The molecule has 1 aliphatic rings. The van der Waals surface area contributed by atoms with Crippen LogP contribution < -0.4 is 5.69 Å². The third-order valence-electron chi connectivity index (χ3n) is 3.73. The molecule has 0 aliphatic heterocycles. The van der Waals surface area contributed by atoms with Gasteiger partial charge in [-0.2, -0.15) is 0 Å². The smallest absolute Gasteiger partial charge is 0.270 e. The number of thioether (sulfide) groups is 1. The summed E-state index contributed by atoms with van der Waals surface area (Å²) in [5.41, 5.74) is 2.75. The predicted octanol–water partition coefficient (Wildman–Crippen LogP) is 3.15. The summed E-state index contributed by atoms with van der Waals surface area (Å²) < 4.78 is 1.75. The predicted molar refractivity (Wildman–Crippen MR) is 81.1 cm³/mol. The molecule has 1 atom stereocenters. The largest absolute Gasteiger partial charge is 0.343 e. The number of hydrogen-bond acceptors (Lipinski definition) is 3. The van der Waals surface area contributed by atoms with E-state index in [2.05, 4.69) is 41.4 Å². The highest BCUT2D eigenvalue weighted by Gasteiger charge is 2.23. The van der Waals surface area contributed by atoms with Gasteiger partial charge >= 0.3 is 5.69 Å². The van der Waals surface area contributed by atoms with E-state index < -0.39 is 0 Å². The van der Waals surface area contributed by atoms with Crippen molar-refractivity contribution in [3.05, 3.63) is 45.9 Å². The van der Waals surface area contributed by atoms with Gasteiger partial charge < -0.3 is 0 Å². The number of aromatic nitrogens is 3. The summed E-state index contributed by atoms with van der Waals surface area (Å²) in [7, 11) is 0. The summed E-state index contributed by atoms with van der Waals surface area (Å²) in [6.07, 6.45) is 4.45. The third-order valence-corrected chi connectivity index (χ3v) is 5.03. The topological polar surface area (TPSA) is 50.7 Å². The first-order valence-corrected chi connectivity index (χ1v) is 8.07. The Hall–Kier alpha value is -1.49. The van der Waals surface area contributed by atoms with Crippen molar-refractivity contribution in [3.8, 4) is 0 Å². The average molecular weight is 289 g/mol. The van der Waals surface area contributed by atoms with E-state index in [1.54, 1.807) is 16.3 Å². The van der Waals surface area contributed by atoms with Crippen LogP contribution >= 0.6 is 11.8 Å². The van der Waals surface area contributed by atoms with Crippen LogP contribution in [0.1, 0.15) is 42.6 Å². The molecule has 1 heterocycles. The molecular weight excluding hydrogens is 270 g/mol. The first-order chi connectivity index (χ1) is 9.79. The lowest BCUT2D eigenvalue weighted by Crippen LogP contribution is -2.17. The molecule has 0 saturated heterocycles. The van der Waals surface area contributed by atoms with Gasteiger partial charge in [-0.15, -0.1) is 5.10 Å². The number of benzene rings is 1. The molecule has 0 amide bonds. The van der Waals surface area contributed by atoms with Gasteiger partial charge in [0, 0.05) is 11.8 Å². The molecule has 1 N–H and O–H groups in total. The van der Waals surface area contributed by atoms with Crippen LogP contribution in [-0.4, -0.2) is 14.8 Å². The number of nitrogens with zero attached hydrogens (tertiary/aromatic N) is 2. The second-order valence-corrected chi connectivity index (χ2v) is 6.33. The van der Waals surface area contributed by atoms with E-state index in [1.165, 1.54) is 17.5 Å². The fourth-order valence-corrected chi connectivity index (χ4v) is 4.07. The highest BCUT2D eigenvalue weighted by Crippen LogP contribution is 2.42. The SMILES string of the molecule is CCCn1c(S[C@@H]2CCCc3ccccc32)n[nH]c1=O. The standard InChI is InChI=1S/C15H19N3OS/c1-2-10-18-14(19)16-17-15(18)20-13-9-5-7-11-6-3-4-8-12(11)13/h3-4,6,8,13H,2,5,7,9-10H2,1H3,(H,16,19)/t13-/m1/s1. The number of rotatable bonds is 4. The highest BCUT2D eigenvalue weighted by atomic mass is 32.2. The molecule has 1 aliphatic carbocycles. The summed E-state index contributed by atoms with van der Waals surface area (Å²) >= 11 is 1.72. The lowest BCUT2D eigenvalue weighted by Gasteiger charge is -2.24. The minimum Gasteiger partial charge on any atom is -0.270 e. The van der Waals surface area contributed by atoms with E-state index in [1.807, 2.05) is 0 Å². The van der Waals surface area contributed by atoms with Crippen LogP contribution in [0.25, 0.3) is 0 Å². The molecule has 20 heavy (non-hydrogen) atoms. The number of aromatic amines is 1. The second-order valence-electron chi connectivity index (χ2n) is 5.16. The fraction of sp³-hybridized carbons (Fsp3) is 0.467. The molecular formula is C15H19N3OS. The van der Waals surface area contributed by atoms with Gasteiger partial charge in [-0.05, 0) is 36.8 Å². The zero-order valence-electron chi connectivity index (χ0n) is 11.6. The average Bonchev–Trinajstić information content (AvgIpc) is 2.81. The van der Waals surface area contributed by atoms with Crippen LogP contribution in [0.2, 0.25) is 0 Å². The van der Waals surface area contributed by atoms with Crippen LogP contribution in [0.4, 0.5) is 0 Å². The van der Waals surface area contributed by atoms with Crippen LogP contribution in [0.5, 0.6) is 0 Å². The molecule has 5 heteroatoms. The first-order valence-electron chi connectivity index (χ1n) is 7.19. The van der Waals surface area contributed by atoms with Crippen LogP contribution in [0.3, 0.4) is 0 Å². The van der Waals surface area contributed by atoms with E-state index in [-0.39, 0.29) is 5.69 Å². The summed E-state index contributed by atoms with van der Waals surface area (Å²) in [4.78, 5) is 11.7. The van der Waals surface area contributed by atoms with Crippen molar-refractivity contribution in [2.45, 2.75) is 49.6 Å². The Morgan fingerprint density at radius 1 is 1.45 bits per heavy atom. The molecule has 0 saturated carbocycles. The van der Waals surface area contributed by atoms with E-state index >= 15 is 0 Å². The molecule has 106 valence electrons. The van der Waals surface area contributed by atoms with Gasteiger partial charge in [0.15, 0.2) is 5.16 Å². The van der Waals surface area contributed by atoms with Gasteiger partial charge in [-0.3, -0.25) is 4.57 Å². The maximum absolute atomic E-state index is 11.7. The Kier molecular flexibility index (Phi) is 3.96. The van der Waals surface area contributed by atoms with Crippen LogP contribution in [0.15, 0.2) is 34.2 Å². The van der Waals surface area contributed by atoms with Crippen molar-refractivity contribution in [3.63, 3.8) is 0 Å². The Bertz CT molecular complexity index is 647. The van der Waals surface area contributed by atoms with Crippen molar-refractivity contribution < 1.29 is 0 Å². The van der Waals surface area contributed by atoms with Crippen molar-refractivity contribution in [1.29, 1.82) is 0 Å². The monoisotopic (exact) mass is 289 g/mol. The van der Waals surface area contributed by atoms with Crippen LogP contribution in [-0.2, 0) is 13.0 Å². The molecule has 1 aromatic carbocycles. The summed E-state index contributed by atoms with van der Waals surface area (Å²) in [5, 5.41) is 7.99. The number of fused-ring (bicyclic) bond motifs is 1. The molecule has 0 fully saturated rings. The van der Waals surface area contributed by atoms with E-state index in [0.717, 1.165) is 31.0 Å². The summed E-state index contributed by atoms with van der Waals surface area (Å²) in [6.45, 7) is 2.80. The quantitative estimate of drug-likeness (QED) is 0.940. The van der Waals surface area contributed by atoms with Gasteiger partial charge in [-0.25, -0.2) is 9.89 Å². The van der Waals surface area contributed by atoms with Crippen molar-refractivity contribution in [1.82, 2.24) is 14.8 Å². The number of H-pyrrole nitrogens is 1. The Morgan fingerprint density at radius 2 is 2.30 bits per heavy atom.